The van der Waals surface area contributed by atoms with E-state index >= 15 is 0 Å². The highest BCUT2D eigenvalue weighted by Crippen LogP contribution is 2.40. The zero-order valence-corrected chi connectivity index (χ0v) is 54.9. The lowest BCUT2D eigenvalue weighted by molar-refractivity contribution is -0.421. The third-order valence-electron chi connectivity index (χ3n) is 19.3. The Balaban J connectivity index is 0.000000308. The maximum Gasteiger partial charge on any atom is 0.339 e. The number of rotatable bonds is 15. The molecule has 25 saturated heterocycles. The molecule has 31 N–H and O–H groups in total. The molecule has 0 amide bonds. The summed E-state index contributed by atoms with van der Waals surface area (Å²) in [6.45, 7) is -7.28. The highest BCUT2D eigenvalue weighted by molar-refractivity contribution is 5.65. The first-order valence-corrected chi connectivity index (χ1v) is 33.0. The Morgan fingerprint density at radius 3 is 0.837 bits per heavy atom. The second-order valence-corrected chi connectivity index (χ2v) is 26.1. The van der Waals surface area contributed by atoms with Gasteiger partial charge in [-0.3, -0.25) is 4.89 Å². The van der Waals surface area contributed by atoms with Gasteiger partial charge in [-0.15, -0.1) is 0 Å². The summed E-state index contributed by atoms with van der Waals surface area (Å²) >= 11 is 0. The number of hydrogen-bond acceptors (Lipinski definition) is 48. The van der Waals surface area contributed by atoms with Gasteiger partial charge in [0.25, 0.3) is 0 Å². The molecule has 606 valence electrons. The average molecular weight is 1530 g/mol. The standard InChI is InChI=1S/C38H62O32.C18H35N3O13/c1-8(45)69-70-32-25(56)38-62-14(7-44)31(32)68-37-24(55)19(50)29(12(5-42)61-37)66-35-22(53)17(48)27(10(3-40)59-35)64-33-20(51)15(46)26(9(2-39)57-33)63-34-21(52)16(47)28(11(4-41)58-34)65-36-23(54)18(49)30(67-38)13(6-43)60-36;19-7-12(27)14(5(2-23)30-16(7)29)33-18-9(21)13(28)15(6(3-24)32-18)34-17-8(20)11(26)10(25)4(1-22)31-17/h9-44,46-56H,2-7H2,1H3;4-18,22-29H,1-3,19-21H2/t9-,10-,11-,12-,13-,14-,15-,16-,17-,18-,19-,20-,21-,22-,23-,24-,25-,26-,27-,28-,29-,30-,31+,32-,33-,34-,35-,36-,37-,38-;4-,5-,6-,7-,8-,9-,10-,11-,12-,13-,14?,15?,16-,17+,18+/m11/s1. The van der Waals surface area contributed by atoms with Gasteiger partial charge in [-0.1, -0.05) is 0 Å². The molecule has 25 heterocycles. The van der Waals surface area contributed by atoms with E-state index in [1.807, 2.05) is 0 Å². The van der Waals surface area contributed by atoms with Gasteiger partial charge in [0, 0.05) is 6.92 Å². The van der Waals surface area contributed by atoms with Gasteiger partial charge in [0.05, 0.1) is 77.6 Å². The molecule has 48 nitrogen and oxygen atoms in total. The van der Waals surface area contributed by atoms with Crippen LogP contribution < -0.4 is 17.2 Å². The fourth-order valence-electron chi connectivity index (χ4n) is 13.3. The first kappa shape index (κ1) is 85.6. The lowest BCUT2D eigenvalue weighted by Gasteiger charge is -2.50. The van der Waals surface area contributed by atoms with Crippen LogP contribution >= 0.6 is 0 Å². The number of aliphatic hydroxyl groups excluding tert-OH is 25. The minimum Gasteiger partial charge on any atom is -0.394 e. The summed E-state index contributed by atoms with van der Waals surface area (Å²) < 4.78 is 95.9. The van der Waals surface area contributed by atoms with Crippen LogP contribution in [-0.4, -0.2) is 469 Å². The Kier molecular flexibility index (Phi) is 30.7. The molecule has 0 aromatic carbocycles. The number of ether oxygens (including phenoxy) is 17. The number of hydrogen-bond donors (Lipinski definition) is 28. The molecule has 2 unspecified atom stereocenters. The average Bonchev–Trinajstić information content (AvgIpc) is 0.773. The van der Waals surface area contributed by atoms with Gasteiger partial charge in [0.1, 0.15) is 195 Å². The van der Waals surface area contributed by atoms with Crippen molar-refractivity contribution in [3.05, 3.63) is 0 Å². The van der Waals surface area contributed by atoms with Crippen molar-refractivity contribution in [1.29, 1.82) is 0 Å². The van der Waals surface area contributed by atoms with Crippen molar-refractivity contribution in [1.82, 2.24) is 0 Å². The molecule has 25 aliphatic rings. The van der Waals surface area contributed by atoms with E-state index in [0.29, 0.717) is 0 Å². The molecule has 0 aromatic heterocycles. The summed E-state index contributed by atoms with van der Waals surface area (Å²) in [6, 6.07) is -3.87. The predicted octanol–water partition coefficient (Wildman–Crippen LogP) is -20.2. The summed E-state index contributed by atoms with van der Waals surface area (Å²) in [4.78, 5) is 21.7. The first-order valence-electron chi connectivity index (χ1n) is 33.0. The second kappa shape index (κ2) is 37.3. The van der Waals surface area contributed by atoms with Crippen LogP contribution in [0.25, 0.3) is 0 Å². The molecule has 12 bridgehead atoms. The first-order chi connectivity index (χ1) is 49.4. The number of nitrogens with two attached hydrogens (primary N) is 3. The molecule has 45 atom stereocenters. The zero-order chi connectivity index (χ0) is 76.4. The minimum atomic E-state index is -2.21. The lowest BCUT2D eigenvalue weighted by atomic mass is 9.94. The van der Waals surface area contributed by atoms with E-state index in [0.717, 1.165) is 6.92 Å². The number of carbonyl (C=O) groups excluding carboxylic acids is 1. The van der Waals surface area contributed by atoms with E-state index < -0.39 is 342 Å². The lowest BCUT2D eigenvalue weighted by Crippen LogP contribution is -2.69. The molecule has 104 heavy (non-hydrogen) atoms. The van der Waals surface area contributed by atoms with Crippen molar-refractivity contribution in [2.45, 2.75) is 283 Å². The van der Waals surface area contributed by atoms with Crippen LogP contribution in [0.15, 0.2) is 0 Å². The Hall–Kier alpha value is -2.37. The SMILES string of the molecule is CC(=O)OO[C@@H]1[C@@H](O)[C@H]2O[C@H]3[C@H](O)[C@@H](O)[C@@H](O[C@H]4[C@H](O)[C@@H](O)[C@@H](O[C@H]5[C@H](O)[C@@H](O)[C@@H](O[C@H]6[C@H](O)[C@@H](O)[C@@H](O[C@H]7[C@H](O)[C@@H](O)[C@@H](O[C@H]1[C@@H](CO)O2)O[C@@H]7CO)O[C@@H]6CO)O[C@@H]5CO)O[C@@H]4CO)O[C@@H]3CO.N[C@H]1[C@H](OC2[C@@H](CO)O[C@@H](OC3[C@@H](CO)O[C@@H](O)[C@H](N)[C@H]3O)[C@H](N)[C@H]2O)O[C@H](CO)[C@@H](O)[C@@H]1O. The summed E-state index contributed by atoms with van der Waals surface area (Å²) in [5.74, 6) is -1.09. The third-order valence-corrected chi connectivity index (χ3v) is 19.3. The molecule has 25 fully saturated rings. The number of carbonyl (C=O) groups is 1. The van der Waals surface area contributed by atoms with Crippen molar-refractivity contribution in [2.75, 3.05) is 59.5 Å². The minimum absolute atomic E-state index is 0.651. The summed E-state index contributed by atoms with van der Waals surface area (Å²) in [5.41, 5.74) is 17.6. The normalized spacial score (nSPS) is 52.7. The molecule has 0 aliphatic carbocycles. The van der Waals surface area contributed by atoms with Crippen LogP contribution in [0.2, 0.25) is 0 Å². The summed E-state index contributed by atoms with van der Waals surface area (Å²) in [5, 5.41) is 266. The van der Waals surface area contributed by atoms with E-state index in [1.165, 1.54) is 0 Å². The molecule has 48 heteroatoms. The second-order valence-electron chi connectivity index (χ2n) is 26.1. The van der Waals surface area contributed by atoms with Crippen molar-refractivity contribution in [2.24, 2.45) is 17.2 Å². The topological polar surface area (TPSA) is 776 Å². The van der Waals surface area contributed by atoms with E-state index in [1.54, 1.807) is 0 Å². The molecule has 0 radical (unpaired) electrons. The maximum atomic E-state index is 11.9. The van der Waals surface area contributed by atoms with Gasteiger partial charge in [-0.25, -0.2) is 4.79 Å². The molecular formula is C56H97N3O45. The van der Waals surface area contributed by atoms with E-state index in [2.05, 4.69) is 4.89 Å². The van der Waals surface area contributed by atoms with E-state index in [4.69, 9.17) is 103 Å². The monoisotopic (exact) mass is 1530 g/mol. The van der Waals surface area contributed by atoms with Crippen LogP contribution in [-0.2, 0) is 95.1 Å². The van der Waals surface area contributed by atoms with Crippen LogP contribution in [0.4, 0.5) is 0 Å². The number of aliphatic hydroxyl groups is 25. The van der Waals surface area contributed by atoms with Crippen LogP contribution in [0.3, 0.4) is 0 Å². The van der Waals surface area contributed by atoms with Crippen LogP contribution in [0, 0.1) is 0 Å². The largest absolute Gasteiger partial charge is 0.394 e. The highest BCUT2D eigenvalue weighted by atomic mass is 17.2. The van der Waals surface area contributed by atoms with Gasteiger partial charge >= 0.3 is 5.97 Å². The molecular weight excluding hydrogens is 1430 g/mol. The summed E-state index contributed by atoms with van der Waals surface area (Å²) in [6.07, 6.45) is -76.2. The molecule has 0 aromatic rings. The highest BCUT2D eigenvalue weighted by Gasteiger charge is 2.61. The Labute approximate surface area is 587 Å². The quantitative estimate of drug-likeness (QED) is 0.0535. The molecule has 25 rings (SSSR count). The smallest absolute Gasteiger partial charge is 0.339 e. The van der Waals surface area contributed by atoms with E-state index in [9.17, 15) is 132 Å². The van der Waals surface area contributed by atoms with Crippen molar-refractivity contribution < 1.29 is 223 Å². The van der Waals surface area contributed by atoms with Crippen molar-refractivity contribution in [3.8, 4) is 0 Å². The van der Waals surface area contributed by atoms with Gasteiger partial charge in [-0.2, -0.15) is 4.89 Å². The van der Waals surface area contributed by atoms with Gasteiger partial charge < -0.3 is 225 Å². The Morgan fingerprint density at radius 1 is 0.269 bits per heavy atom. The van der Waals surface area contributed by atoms with Crippen molar-refractivity contribution >= 4 is 5.97 Å². The fourth-order valence-corrected chi connectivity index (χ4v) is 13.3. The maximum absolute atomic E-state index is 11.9. The van der Waals surface area contributed by atoms with Gasteiger partial charge in [0.15, 0.2) is 62.7 Å². The van der Waals surface area contributed by atoms with Gasteiger partial charge in [0.2, 0.25) is 0 Å². The van der Waals surface area contributed by atoms with Crippen LogP contribution in [0.5, 0.6) is 0 Å². The third kappa shape index (κ3) is 17.9. The molecule has 0 saturated carbocycles. The Morgan fingerprint density at radius 2 is 0.529 bits per heavy atom. The van der Waals surface area contributed by atoms with Gasteiger partial charge in [-0.05, 0) is 0 Å². The van der Waals surface area contributed by atoms with Crippen molar-refractivity contribution in [3.63, 3.8) is 0 Å². The van der Waals surface area contributed by atoms with E-state index in [-0.39, 0.29) is 0 Å². The molecule has 25 aliphatic heterocycles. The molecule has 0 spiro atoms. The summed E-state index contributed by atoms with van der Waals surface area (Å²) in [7, 11) is 0. The zero-order valence-electron chi connectivity index (χ0n) is 54.9. The Bertz CT molecular complexity index is 2600. The van der Waals surface area contributed by atoms with Crippen LogP contribution in [0.1, 0.15) is 6.92 Å². The fraction of sp³-hybridized carbons (Fsp3) is 0.982. The predicted molar refractivity (Wildman–Crippen MR) is 314 cm³/mol.